The lowest BCUT2D eigenvalue weighted by atomic mass is 9.94. The van der Waals surface area contributed by atoms with Gasteiger partial charge in [0.2, 0.25) is 0 Å². The molecule has 0 atom stereocenters. The van der Waals surface area contributed by atoms with E-state index in [9.17, 15) is 0 Å². The van der Waals surface area contributed by atoms with Crippen molar-refractivity contribution >= 4 is 43.7 Å². The smallest absolute Gasteiger partial charge is 0.147 e. The lowest BCUT2D eigenvalue weighted by Crippen LogP contribution is -1.92. The summed E-state index contributed by atoms with van der Waals surface area (Å²) in [6, 6.07) is 60.6. The van der Waals surface area contributed by atoms with E-state index in [0.29, 0.717) is 0 Å². The highest BCUT2D eigenvalue weighted by Crippen LogP contribution is 2.47. The van der Waals surface area contributed by atoms with Crippen molar-refractivity contribution in [3.05, 3.63) is 176 Å². The summed E-state index contributed by atoms with van der Waals surface area (Å²) in [5.41, 5.74) is 12.3. The molecule has 0 N–H and O–H groups in total. The number of hydrogen-bond acceptors (Lipinski definition) is 4. The van der Waals surface area contributed by atoms with Crippen LogP contribution < -0.4 is 0 Å². The van der Waals surface area contributed by atoms with Gasteiger partial charge in [0.1, 0.15) is 11.3 Å². The van der Waals surface area contributed by atoms with Gasteiger partial charge in [-0.1, -0.05) is 152 Å². The molecule has 0 bridgehead atoms. The minimum absolute atomic E-state index is 0.818. The maximum Gasteiger partial charge on any atom is 0.147 e. The van der Waals surface area contributed by atoms with Gasteiger partial charge in [0, 0.05) is 44.0 Å². The first-order valence-corrected chi connectivity index (χ1v) is 17.1. The third kappa shape index (κ3) is 4.96. The van der Waals surface area contributed by atoms with Crippen LogP contribution in [0.5, 0.6) is 0 Å². The van der Waals surface area contributed by atoms with E-state index in [-0.39, 0.29) is 0 Å². The Kier molecular flexibility index (Phi) is 6.78. The maximum absolute atomic E-state index is 6.95. The summed E-state index contributed by atoms with van der Waals surface area (Å²) in [5, 5.41) is 4.06. The monoisotopic (exact) mass is 651 g/mol. The zero-order chi connectivity index (χ0) is 33.7. The maximum atomic E-state index is 6.95. The van der Waals surface area contributed by atoms with Gasteiger partial charge >= 0.3 is 0 Å². The number of pyridine rings is 3. The van der Waals surface area contributed by atoms with Gasteiger partial charge in [0.15, 0.2) is 0 Å². The van der Waals surface area contributed by atoms with E-state index < -0.39 is 0 Å². The average Bonchev–Trinajstić information content (AvgIpc) is 3.62. The summed E-state index contributed by atoms with van der Waals surface area (Å²) in [7, 11) is 0. The topological polar surface area (TPSA) is 51.8 Å². The molecule has 4 heteroatoms. The molecule has 0 fully saturated rings. The molecule has 238 valence electrons. The van der Waals surface area contributed by atoms with Crippen LogP contribution in [0.25, 0.3) is 99.9 Å². The first-order chi connectivity index (χ1) is 25.3. The summed E-state index contributed by atoms with van der Waals surface area (Å²) < 4.78 is 6.95. The van der Waals surface area contributed by atoms with Gasteiger partial charge in [0.05, 0.1) is 39.0 Å². The molecule has 51 heavy (non-hydrogen) atoms. The van der Waals surface area contributed by atoms with Crippen LogP contribution in [0.2, 0.25) is 0 Å². The number of aromatic nitrogens is 3. The van der Waals surface area contributed by atoms with Crippen molar-refractivity contribution < 1.29 is 4.42 Å². The van der Waals surface area contributed by atoms with E-state index in [2.05, 4.69) is 140 Å². The quantitative estimate of drug-likeness (QED) is 0.174. The average molecular weight is 652 g/mol. The normalized spacial score (nSPS) is 11.5. The number of benzene rings is 6. The van der Waals surface area contributed by atoms with Gasteiger partial charge in [-0.25, -0.2) is 15.0 Å². The minimum atomic E-state index is 0.818. The zero-order valence-corrected chi connectivity index (χ0v) is 27.5. The molecule has 4 nitrogen and oxygen atoms in total. The molecule has 0 unspecified atom stereocenters. The minimum Gasteiger partial charge on any atom is -0.455 e. The molecule has 10 aromatic rings. The predicted octanol–water partition coefficient (Wildman–Crippen LogP) is 12.4. The Morgan fingerprint density at radius 2 is 0.902 bits per heavy atom. The van der Waals surface area contributed by atoms with E-state index in [4.69, 9.17) is 19.4 Å². The molecule has 0 aliphatic carbocycles. The van der Waals surface area contributed by atoms with Crippen molar-refractivity contribution in [1.82, 2.24) is 15.0 Å². The zero-order valence-electron chi connectivity index (χ0n) is 27.5. The van der Waals surface area contributed by atoms with Gasteiger partial charge < -0.3 is 4.42 Å². The third-order valence-corrected chi connectivity index (χ3v) is 9.65. The Morgan fingerprint density at radius 3 is 1.51 bits per heavy atom. The molecule has 0 aliphatic heterocycles. The van der Waals surface area contributed by atoms with Crippen LogP contribution in [0.15, 0.2) is 180 Å². The third-order valence-electron chi connectivity index (χ3n) is 9.65. The van der Waals surface area contributed by atoms with E-state index >= 15 is 0 Å². The van der Waals surface area contributed by atoms with Crippen LogP contribution in [0, 0.1) is 0 Å². The molecule has 4 aromatic heterocycles. The molecule has 0 spiro atoms. The first-order valence-electron chi connectivity index (χ1n) is 17.1. The van der Waals surface area contributed by atoms with Crippen molar-refractivity contribution in [3.63, 3.8) is 0 Å². The second kappa shape index (κ2) is 11.9. The summed E-state index contributed by atoms with van der Waals surface area (Å²) in [6.45, 7) is 0. The van der Waals surface area contributed by atoms with E-state index in [1.165, 1.54) is 0 Å². The molecule has 6 aromatic carbocycles. The standard InChI is InChI=1S/C47H29N3O/c1-5-13-30(14-6-1)38-27-24-33-21-22-34-25-28-39(49-45(34)44(33)48-38)36-23-26-37-40(29-36)50-43(32-17-9-3-10-18-32)42-41(31-15-7-2-8-16-31)46(51-47(37)42)35-19-11-4-12-20-35/h1-29H. The number of nitrogens with zero attached hydrogens (tertiary/aromatic N) is 3. The Morgan fingerprint density at radius 1 is 0.392 bits per heavy atom. The highest BCUT2D eigenvalue weighted by Gasteiger charge is 2.24. The summed E-state index contributed by atoms with van der Waals surface area (Å²) in [5.74, 6) is 0.831. The SMILES string of the molecule is c1ccc(-c2ccc3ccc4ccc(-c5ccc6c(c5)nc(-c5ccccc5)c5c(-c7ccccc7)c(-c7ccccc7)oc56)nc4c3n2)cc1. The molecule has 0 saturated carbocycles. The lowest BCUT2D eigenvalue weighted by Gasteiger charge is -2.11. The van der Waals surface area contributed by atoms with Crippen molar-refractivity contribution in [1.29, 1.82) is 0 Å². The van der Waals surface area contributed by atoms with Gasteiger partial charge in [-0.15, -0.1) is 0 Å². The van der Waals surface area contributed by atoms with E-state index in [1.807, 2.05) is 36.4 Å². The van der Waals surface area contributed by atoms with Crippen molar-refractivity contribution in [2.45, 2.75) is 0 Å². The number of rotatable bonds is 5. The summed E-state index contributed by atoms with van der Waals surface area (Å²) in [4.78, 5) is 15.8. The number of fused-ring (bicyclic) bond motifs is 6. The molecular weight excluding hydrogens is 623 g/mol. The van der Waals surface area contributed by atoms with Crippen LogP contribution in [0.1, 0.15) is 0 Å². The lowest BCUT2D eigenvalue weighted by molar-refractivity contribution is 0.636. The van der Waals surface area contributed by atoms with Gasteiger partial charge in [-0.3, -0.25) is 0 Å². The Balaban J connectivity index is 1.21. The Hall–Kier alpha value is -6.91. The van der Waals surface area contributed by atoms with E-state index in [1.54, 1.807) is 0 Å². The molecule has 10 rings (SSSR count). The van der Waals surface area contributed by atoms with Crippen LogP contribution in [0.4, 0.5) is 0 Å². The van der Waals surface area contributed by atoms with Gasteiger partial charge in [0.25, 0.3) is 0 Å². The number of hydrogen-bond donors (Lipinski definition) is 0. The van der Waals surface area contributed by atoms with Crippen molar-refractivity contribution in [3.8, 4) is 56.2 Å². The van der Waals surface area contributed by atoms with Crippen LogP contribution >= 0.6 is 0 Å². The van der Waals surface area contributed by atoms with Gasteiger partial charge in [-0.05, 0) is 29.8 Å². The fraction of sp³-hybridized carbons (Fsp3) is 0. The van der Waals surface area contributed by atoms with Crippen molar-refractivity contribution in [2.75, 3.05) is 0 Å². The highest BCUT2D eigenvalue weighted by atomic mass is 16.3. The van der Waals surface area contributed by atoms with Gasteiger partial charge in [-0.2, -0.15) is 0 Å². The molecule has 0 aliphatic rings. The van der Waals surface area contributed by atoms with Crippen LogP contribution in [0.3, 0.4) is 0 Å². The Bertz CT molecular complexity index is 2880. The van der Waals surface area contributed by atoms with Crippen LogP contribution in [-0.2, 0) is 0 Å². The predicted molar refractivity (Wildman–Crippen MR) is 209 cm³/mol. The highest BCUT2D eigenvalue weighted by molar-refractivity contribution is 6.17. The number of furan rings is 1. The first kappa shape index (κ1) is 29.0. The molecule has 0 saturated heterocycles. The summed E-state index contributed by atoms with van der Waals surface area (Å²) in [6.07, 6.45) is 0. The molecule has 0 radical (unpaired) electrons. The second-order valence-corrected chi connectivity index (χ2v) is 12.8. The fourth-order valence-corrected chi connectivity index (χ4v) is 7.17. The Labute approximate surface area is 294 Å². The molecular formula is C47H29N3O. The fourth-order valence-electron chi connectivity index (χ4n) is 7.17. The summed E-state index contributed by atoms with van der Waals surface area (Å²) >= 11 is 0. The van der Waals surface area contributed by atoms with E-state index in [0.717, 1.165) is 99.9 Å². The molecule has 0 amide bonds. The molecule has 4 heterocycles. The largest absolute Gasteiger partial charge is 0.455 e. The van der Waals surface area contributed by atoms with Crippen LogP contribution in [-0.4, -0.2) is 15.0 Å². The second-order valence-electron chi connectivity index (χ2n) is 12.8. The van der Waals surface area contributed by atoms with Crippen molar-refractivity contribution in [2.24, 2.45) is 0 Å².